The summed E-state index contributed by atoms with van der Waals surface area (Å²) in [6.45, 7) is 1.64. The summed E-state index contributed by atoms with van der Waals surface area (Å²) in [6.07, 6.45) is 2.56. The van der Waals surface area contributed by atoms with Gasteiger partial charge in [-0.1, -0.05) is 60.7 Å². The Labute approximate surface area is 190 Å². The van der Waals surface area contributed by atoms with Crippen molar-refractivity contribution >= 4 is 15.9 Å². The SMILES string of the molecule is O=C(NCCC(c1ccccc1)c1ccccc1)c1ccc(S(=O)(=O)N2CCCC2)cc1. The maximum Gasteiger partial charge on any atom is 0.251 e. The number of carbonyl (C=O) groups is 1. The molecule has 0 bridgehead atoms. The Morgan fingerprint density at radius 1 is 0.812 bits per heavy atom. The van der Waals surface area contributed by atoms with Crippen molar-refractivity contribution in [1.82, 2.24) is 9.62 Å². The first-order chi connectivity index (χ1) is 15.6. The largest absolute Gasteiger partial charge is 0.352 e. The summed E-state index contributed by atoms with van der Waals surface area (Å²) in [7, 11) is -3.47. The van der Waals surface area contributed by atoms with Crippen molar-refractivity contribution in [3.8, 4) is 0 Å². The molecular weight excluding hydrogens is 420 g/mol. The van der Waals surface area contributed by atoms with Crippen molar-refractivity contribution in [2.45, 2.75) is 30.1 Å². The number of sulfonamides is 1. The molecule has 6 heteroatoms. The fourth-order valence-electron chi connectivity index (χ4n) is 4.18. The maximum atomic E-state index is 12.7. The van der Waals surface area contributed by atoms with E-state index in [2.05, 4.69) is 29.6 Å². The highest BCUT2D eigenvalue weighted by molar-refractivity contribution is 7.89. The van der Waals surface area contributed by atoms with Crippen LogP contribution in [0.2, 0.25) is 0 Å². The van der Waals surface area contributed by atoms with Crippen LogP contribution in [0.15, 0.2) is 89.8 Å². The van der Waals surface area contributed by atoms with Crippen molar-refractivity contribution in [2.24, 2.45) is 0 Å². The molecule has 1 fully saturated rings. The van der Waals surface area contributed by atoms with E-state index in [1.165, 1.54) is 27.6 Å². The average molecular weight is 449 g/mol. The number of carbonyl (C=O) groups excluding carboxylic acids is 1. The van der Waals surface area contributed by atoms with Crippen LogP contribution in [-0.2, 0) is 10.0 Å². The van der Waals surface area contributed by atoms with Crippen LogP contribution in [-0.4, -0.2) is 38.3 Å². The van der Waals surface area contributed by atoms with Gasteiger partial charge < -0.3 is 5.32 Å². The fraction of sp³-hybridized carbons (Fsp3) is 0.269. The molecule has 1 aliphatic heterocycles. The first-order valence-corrected chi connectivity index (χ1v) is 12.5. The highest BCUT2D eigenvalue weighted by Gasteiger charge is 2.27. The molecule has 0 radical (unpaired) electrons. The van der Waals surface area contributed by atoms with E-state index in [0.29, 0.717) is 25.2 Å². The highest BCUT2D eigenvalue weighted by Crippen LogP contribution is 2.27. The number of nitrogens with zero attached hydrogens (tertiary/aromatic N) is 1. The van der Waals surface area contributed by atoms with Gasteiger partial charge in [-0.05, 0) is 54.7 Å². The molecule has 1 saturated heterocycles. The molecule has 1 amide bonds. The summed E-state index contributed by atoms with van der Waals surface area (Å²) < 4.78 is 26.8. The van der Waals surface area contributed by atoms with Gasteiger partial charge in [0.05, 0.1) is 4.90 Å². The third-order valence-corrected chi connectivity index (χ3v) is 7.85. The van der Waals surface area contributed by atoms with Gasteiger partial charge >= 0.3 is 0 Å². The summed E-state index contributed by atoms with van der Waals surface area (Å²) in [5.41, 5.74) is 2.88. The van der Waals surface area contributed by atoms with E-state index < -0.39 is 10.0 Å². The fourth-order valence-corrected chi connectivity index (χ4v) is 5.70. The number of nitrogens with one attached hydrogen (secondary N) is 1. The summed E-state index contributed by atoms with van der Waals surface area (Å²) in [6, 6.07) is 26.8. The van der Waals surface area contributed by atoms with Crippen LogP contribution in [0, 0.1) is 0 Å². The Balaban J connectivity index is 1.39. The first-order valence-electron chi connectivity index (χ1n) is 11.0. The Hall–Kier alpha value is -2.96. The van der Waals surface area contributed by atoms with E-state index in [1.807, 2.05) is 36.4 Å². The van der Waals surface area contributed by atoms with E-state index in [0.717, 1.165) is 19.3 Å². The summed E-state index contributed by atoms with van der Waals surface area (Å²) >= 11 is 0. The van der Waals surface area contributed by atoms with Crippen LogP contribution in [0.1, 0.15) is 46.7 Å². The molecule has 1 heterocycles. The van der Waals surface area contributed by atoms with Crippen LogP contribution < -0.4 is 5.32 Å². The highest BCUT2D eigenvalue weighted by atomic mass is 32.2. The number of hydrogen-bond acceptors (Lipinski definition) is 3. The zero-order valence-corrected chi connectivity index (χ0v) is 18.8. The van der Waals surface area contributed by atoms with Crippen LogP contribution in [0.25, 0.3) is 0 Å². The third-order valence-electron chi connectivity index (χ3n) is 5.94. The summed E-state index contributed by atoms with van der Waals surface area (Å²) in [4.78, 5) is 12.9. The van der Waals surface area contributed by atoms with Gasteiger partial charge in [0.25, 0.3) is 5.91 Å². The second-order valence-corrected chi connectivity index (χ2v) is 9.99. The standard InChI is InChI=1S/C26H28N2O3S/c29-26(23-13-15-24(16-14-23)32(30,31)28-19-7-8-20-28)27-18-17-25(21-9-3-1-4-10-21)22-11-5-2-6-12-22/h1-6,9-16,25H,7-8,17-20H2,(H,27,29). The van der Waals surface area contributed by atoms with Crippen LogP contribution in [0.5, 0.6) is 0 Å². The zero-order chi connectivity index (χ0) is 22.4. The topological polar surface area (TPSA) is 66.5 Å². The Kier molecular flexibility index (Phi) is 7.02. The minimum atomic E-state index is -3.47. The Morgan fingerprint density at radius 3 is 1.88 bits per heavy atom. The van der Waals surface area contributed by atoms with Gasteiger partial charge in [-0.3, -0.25) is 4.79 Å². The van der Waals surface area contributed by atoms with E-state index in [4.69, 9.17) is 0 Å². The van der Waals surface area contributed by atoms with Gasteiger partial charge in [0, 0.05) is 31.1 Å². The lowest BCUT2D eigenvalue weighted by Gasteiger charge is -2.18. The first kappa shape index (κ1) is 22.2. The molecule has 0 unspecified atom stereocenters. The van der Waals surface area contributed by atoms with Crippen LogP contribution in [0.3, 0.4) is 0 Å². The molecule has 0 spiro atoms. The zero-order valence-electron chi connectivity index (χ0n) is 18.0. The monoisotopic (exact) mass is 448 g/mol. The van der Waals surface area contributed by atoms with Gasteiger partial charge in [-0.2, -0.15) is 4.31 Å². The van der Waals surface area contributed by atoms with Gasteiger partial charge in [-0.25, -0.2) is 8.42 Å². The molecule has 0 atom stereocenters. The van der Waals surface area contributed by atoms with Crippen molar-refractivity contribution in [1.29, 1.82) is 0 Å². The lowest BCUT2D eigenvalue weighted by molar-refractivity contribution is 0.0952. The second kappa shape index (κ2) is 10.1. The minimum absolute atomic E-state index is 0.186. The third kappa shape index (κ3) is 5.09. The maximum absolute atomic E-state index is 12.7. The average Bonchev–Trinajstić information content (AvgIpc) is 3.39. The second-order valence-electron chi connectivity index (χ2n) is 8.05. The van der Waals surface area contributed by atoms with Crippen molar-refractivity contribution in [2.75, 3.05) is 19.6 Å². The lowest BCUT2D eigenvalue weighted by atomic mass is 9.88. The molecule has 3 aromatic rings. The number of rotatable bonds is 8. The predicted molar refractivity (Wildman–Crippen MR) is 126 cm³/mol. The number of amides is 1. The van der Waals surface area contributed by atoms with Crippen molar-refractivity contribution in [3.63, 3.8) is 0 Å². The molecule has 0 aliphatic carbocycles. The molecular formula is C26H28N2O3S. The molecule has 1 aliphatic rings. The van der Waals surface area contributed by atoms with Gasteiger partial charge in [0.2, 0.25) is 10.0 Å². The Morgan fingerprint density at radius 2 is 1.34 bits per heavy atom. The smallest absolute Gasteiger partial charge is 0.251 e. The number of hydrogen-bond donors (Lipinski definition) is 1. The molecule has 3 aromatic carbocycles. The number of benzene rings is 3. The quantitative estimate of drug-likeness (QED) is 0.555. The molecule has 166 valence electrons. The molecule has 0 aromatic heterocycles. The molecule has 32 heavy (non-hydrogen) atoms. The summed E-state index contributed by atoms with van der Waals surface area (Å²) in [5.74, 6) is -0.0133. The van der Waals surface area contributed by atoms with Crippen LogP contribution >= 0.6 is 0 Å². The lowest BCUT2D eigenvalue weighted by Crippen LogP contribution is -2.28. The van der Waals surface area contributed by atoms with E-state index in [1.54, 1.807) is 12.1 Å². The molecule has 1 N–H and O–H groups in total. The molecule has 4 rings (SSSR count). The molecule has 0 saturated carbocycles. The normalized spacial score (nSPS) is 14.5. The molecule has 5 nitrogen and oxygen atoms in total. The van der Waals surface area contributed by atoms with Gasteiger partial charge in [0.1, 0.15) is 0 Å². The van der Waals surface area contributed by atoms with Crippen molar-refractivity contribution in [3.05, 3.63) is 102 Å². The van der Waals surface area contributed by atoms with E-state index in [9.17, 15) is 13.2 Å². The van der Waals surface area contributed by atoms with Crippen LogP contribution in [0.4, 0.5) is 0 Å². The predicted octanol–water partition coefficient (Wildman–Crippen LogP) is 4.42. The van der Waals surface area contributed by atoms with Crippen molar-refractivity contribution < 1.29 is 13.2 Å². The van der Waals surface area contributed by atoms with E-state index in [-0.39, 0.29) is 16.7 Å². The Bertz CT molecular complexity index is 1090. The minimum Gasteiger partial charge on any atom is -0.352 e. The van der Waals surface area contributed by atoms with Gasteiger partial charge in [0.15, 0.2) is 0 Å². The van der Waals surface area contributed by atoms with E-state index >= 15 is 0 Å². The van der Waals surface area contributed by atoms with Gasteiger partial charge in [-0.15, -0.1) is 0 Å². The summed E-state index contributed by atoms with van der Waals surface area (Å²) in [5, 5.41) is 2.98.